The molecule has 6 heteroatoms. The van der Waals surface area contributed by atoms with Crippen LogP contribution in [-0.2, 0) is 14.3 Å². The lowest BCUT2D eigenvalue weighted by Gasteiger charge is -2.11. The van der Waals surface area contributed by atoms with Crippen LogP contribution < -0.4 is 15.8 Å². The van der Waals surface area contributed by atoms with Crippen LogP contribution >= 0.6 is 0 Å². The summed E-state index contributed by atoms with van der Waals surface area (Å²) in [4.78, 5) is 11.7. The molecule has 3 N–H and O–H groups in total. The van der Waals surface area contributed by atoms with Gasteiger partial charge in [-0.2, -0.15) is 0 Å². The molecule has 0 unspecified atom stereocenters. The Balaban J connectivity index is 2.37. The first-order valence-electron chi connectivity index (χ1n) is 6.45. The van der Waals surface area contributed by atoms with Crippen LogP contribution in [0.3, 0.4) is 0 Å². The number of hydrogen-bond donors (Lipinski definition) is 2. The third-order valence-corrected chi connectivity index (χ3v) is 2.41. The molecule has 0 aliphatic carbocycles. The third kappa shape index (κ3) is 5.90. The molecule has 1 aromatic rings. The van der Waals surface area contributed by atoms with E-state index in [0.717, 1.165) is 0 Å². The number of rotatable bonds is 8. The number of ether oxygens (including phenoxy) is 3. The van der Waals surface area contributed by atoms with Crippen LogP contribution in [0.4, 0.5) is 11.4 Å². The molecule has 0 radical (unpaired) electrons. The number of benzene rings is 1. The molecule has 6 nitrogen and oxygen atoms in total. The number of nitrogens with two attached hydrogens (primary N) is 1. The van der Waals surface area contributed by atoms with E-state index in [0.29, 0.717) is 30.3 Å². The fraction of sp³-hybridized carbons (Fsp3) is 0.500. The monoisotopic (exact) mass is 282 g/mol. The molecule has 0 saturated heterocycles. The Labute approximate surface area is 119 Å². The second-order valence-electron chi connectivity index (χ2n) is 4.48. The predicted molar refractivity (Wildman–Crippen MR) is 77.9 cm³/mol. The molecule has 0 aliphatic heterocycles. The zero-order chi connectivity index (χ0) is 15.0. The number of amides is 1. The molecule has 1 aromatic carbocycles. The van der Waals surface area contributed by atoms with Crippen molar-refractivity contribution in [2.24, 2.45) is 0 Å². The summed E-state index contributed by atoms with van der Waals surface area (Å²) in [5.74, 6) is 0.286. The molecule has 1 rings (SSSR count). The fourth-order valence-corrected chi connectivity index (χ4v) is 1.52. The molecule has 0 atom stereocenters. The van der Waals surface area contributed by atoms with Crippen molar-refractivity contribution in [1.82, 2.24) is 0 Å². The summed E-state index contributed by atoms with van der Waals surface area (Å²) in [6.07, 6.45) is 0.156. The van der Waals surface area contributed by atoms with E-state index in [1.807, 2.05) is 13.8 Å². The van der Waals surface area contributed by atoms with Crippen molar-refractivity contribution in [3.8, 4) is 5.75 Å². The highest BCUT2D eigenvalue weighted by molar-refractivity contribution is 5.93. The second-order valence-corrected chi connectivity index (χ2v) is 4.48. The van der Waals surface area contributed by atoms with Gasteiger partial charge in [0.05, 0.1) is 32.1 Å². The molecule has 0 spiro atoms. The first kappa shape index (κ1) is 16.3. The van der Waals surface area contributed by atoms with Crippen molar-refractivity contribution < 1.29 is 19.0 Å². The Hall–Kier alpha value is -1.79. The number of hydrogen-bond acceptors (Lipinski definition) is 5. The van der Waals surface area contributed by atoms with Gasteiger partial charge in [0.15, 0.2) is 0 Å². The zero-order valence-corrected chi connectivity index (χ0v) is 12.1. The average Bonchev–Trinajstić information content (AvgIpc) is 2.38. The summed E-state index contributed by atoms with van der Waals surface area (Å²) < 4.78 is 15.7. The smallest absolute Gasteiger partial charge is 0.250 e. The number of methoxy groups -OCH3 is 1. The SMILES string of the molecule is COc1ccc(N)cc1NC(=O)COCCOC(C)C. The summed E-state index contributed by atoms with van der Waals surface area (Å²) in [6.45, 7) is 4.68. The van der Waals surface area contributed by atoms with Crippen molar-refractivity contribution in [3.63, 3.8) is 0 Å². The molecule has 1 amide bonds. The lowest BCUT2D eigenvalue weighted by molar-refractivity contribution is -0.121. The average molecular weight is 282 g/mol. The van der Waals surface area contributed by atoms with E-state index in [2.05, 4.69) is 5.32 Å². The van der Waals surface area contributed by atoms with Gasteiger partial charge in [-0.1, -0.05) is 0 Å². The minimum Gasteiger partial charge on any atom is -0.495 e. The highest BCUT2D eigenvalue weighted by atomic mass is 16.5. The quantitative estimate of drug-likeness (QED) is 0.559. The molecule has 0 aliphatic rings. The van der Waals surface area contributed by atoms with Gasteiger partial charge in [-0.3, -0.25) is 4.79 Å². The Morgan fingerprint density at radius 1 is 1.35 bits per heavy atom. The van der Waals surface area contributed by atoms with Gasteiger partial charge < -0.3 is 25.3 Å². The van der Waals surface area contributed by atoms with Crippen LogP contribution in [0, 0.1) is 0 Å². The molecule has 0 fully saturated rings. The molecular formula is C14H22N2O4. The maximum absolute atomic E-state index is 11.7. The summed E-state index contributed by atoms with van der Waals surface area (Å²) in [7, 11) is 1.53. The Kier molecular flexibility index (Phi) is 6.83. The maximum atomic E-state index is 11.7. The summed E-state index contributed by atoms with van der Waals surface area (Å²) in [5, 5.41) is 2.69. The van der Waals surface area contributed by atoms with Crippen molar-refractivity contribution in [3.05, 3.63) is 18.2 Å². The van der Waals surface area contributed by atoms with Gasteiger partial charge in [-0.25, -0.2) is 0 Å². The summed E-state index contributed by atoms with van der Waals surface area (Å²) in [6, 6.07) is 5.04. The number of nitrogens with one attached hydrogen (secondary N) is 1. The minimum atomic E-state index is -0.265. The predicted octanol–water partition coefficient (Wildman–Crippen LogP) is 1.66. The Morgan fingerprint density at radius 2 is 2.10 bits per heavy atom. The van der Waals surface area contributed by atoms with Crippen molar-refractivity contribution in [1.29, 1.82) is 0 Å². The highest BCUT2D eigenvalue weighted by Gasteiger charge is 2.08. The van der Waals surface area contributed by atoms with E-state index >= 15 is 0 Å². The number of carbonyl (C=O) groups is 1. The molecular weight excluding hydrogens is 260 g/mol. The van der Waals surface area contributed by atoms with Crippen LogP contribution in [-0.4, -0.2) is 38.9 Å². The molecule has 20 heavy (non-hydrogen) atoms. The van der Waals surface area contributed by atoms with Crippen LogP contribution in [0.2, 0.25) is 0 Å². The fourth-order valence-electron chi connectivity index (χ4n) is 1.52. The Bertz CT molecular complexity index is 435. The lowest BCUT2D eigenvalue weighted by atomic mass is 10.2. The summed E-state index contributed by atoms with van der Waals surface area (Å²) in [5.41, 5.74) is 6.75. The van der Waals surface area contributed by atoms with Crippen LogP contribution in [0.25, 0.3) is 0 Å². The number of carbonyl (C=O) groups excluding carboxylic acids is 1. The second kappa shape index (κ2) is 8.39. The van der Waals surface area contributed by atoms with Gasteiger partial charge in [0, 0.05) is 5.69 Å². The first-order valence-corrected chi connectivity index (χ1v) is 6.45. The minimum absolute atomic E-state index is 0.0423. The molecule has 112 valence electrons. The van der Waals surface area contributed by atoms with E-state index in [9.17, 15) is 4.79 Å². The van der Waals surface area contributed by atoms with Crippen molar-refractivity contribution in [2.75, 3.05) is 38.0 Å². The van der Waals surface area contributed by atoms with E-state index < -0.39 is 0 Å². The van der Waals surface area contributed by atoms with Gasteiger partial charge in [0.25, 0.3) is 0 Å². The van der Waals surface area contributed by atoms with Gasteiger partial charge in [-0.05, 0) is 32.0 Å². The topological polar surface area (TPSA) is 82.8 Å². The van der Waals surface area contributed by atoms with Gasteiger partial charge in [-0.15, -0.1) is 0 Å². The van der Waals surface area contributed by atoms with Gasteiger partial charge in [0.2, 0.25) is 5.91 Å². The van der Waals surface area contributed by atoms with Gasteiger partial charge >= 0.3 is 0 Å². The van der Waals surface area contributed by atoms with Crippen LogP contribution in [0.5, 0.6) is 5.75 Å². The molecule has 0 saturated carbocycles. The summed E-state index contributed by atoms with van der Waals surface area (Å²) >= 11 is 0. The van der Waals surface area contributed by atoms with E-state index in [4.69, 9.17) is 19.9 Å². The van der Waals surface area contributed by atoms with E-state index in [1.54, 1.807) is 18.2 Å². The van der Waals surface area contributed by atoms with Crippen LogP contribution in [0.1, 0.15) is 13.8 Å². The van der Waals surface area contributed by atoms with E-state index in [-0.39, 0.29) is 18.6 Å². The van der Waals surface area contributed by atoms with E-state index in [1.165, 1.54) is 7.11 Å². The first-order chi connectivity index (χ1) is 9.52. The molecule has 0 aromatic heterocycles. The largest absolute Gasteiger partial charge is 0.495 e. The van der Waals surface area contributed by atoms with Crippen molar-refractivity contribution >= 4 is 17.3 Å². The normalized spacial score (nSPS) is 10.6. The van der Waals surface area contributed by atoms with Crippen LogP contribution in [0.15, 0.2) is 18.2 Å². The zero-order valence-electron chi connectivity index (χ0n) is 12.1. The molecule has 0 bridgehead atoms. The number of nitrogen functional groups attached to an aromatic ring is 1. The Morgan fingerprint density at radius 3 is 2.75 bits per heavy atom. The van der Waals surface area contributed by atoms with Crippen molar-refractivity contribution in [2.45, 2.75) is 20.0 Å². The standard InChI is InChI=1S/C14H22N2O4/c1-10(2)20-7-6-19-9-14(17)16-12-8-11(15)4-5-13(12)18-3/h4-5,8,10H,6-7,9,15H2,1-3H3,(H,16,17). The highest BCUT2D eigenvalue weighted by Crippen LogP contribution is 2.26. The maximum Gasteiger partial charge on any atom is 0.250 e. The number of anilines is 2. The molecule has 0 heterocycles. The van der Waals surface area contributed by atoms with Gasteiger partial charge in [0.1, 0.15) is 12.4 Å². The third-order valence-electron chi connectivity index (χ3n) is 2.41. The lowest BCUT2D eigenvalue weighted by Crippen LogP contribution is -2.20.